The van der Waals surface area contributed by atoms with Gasteiger partial charge >= 0.3 is 0 Å². The number of nitrogens with zero attached hydrogens (tertiary/aromatic N) is 1. The van der Waals surface area contributed by atoms with Gasteiger partial charge in [-0.15, -0.1) is 11.8 Å². The first-order valence-corrected chi connectivity index (χ1v) is 5.94. The minimum absolute atomic E-state index is 0.186. The van der Waals surface area contributed by atoms with Crippen LogP contribution in [0.5, 0.6) is 0 Å². The molecule has 0 fully saturated rings. The molecule has 0 aliphatic carbocycles. The maximum Gasteiger partial charge on any atom is 0.237 e. The summed E-state index contributed by atoms with van der Waals surface area (Å²) in [6.45, 7) is 2.75. The zero-order valence-electron chi connectivity index (χ0n) is 8.64. The number of thioether (sulfide) groups is 1. The molecule has 1 amide bonds. The van der Waals surface area contributed by atoms with Gasteiger partial charge in [0.2, 0.25) is 5.91 Å². The average molecular weight is 219 g/mol. The summed E-state index contributed by atoms with van der Waals surface area (Å²) < 4.78 is 0. The summed E-state index contributed by atoms with van der Waals surface area (Å²) in [4.78, 5) is 13.3. The van der Waals surface area contributed by atoms with E-state index in [4.69, 9.17) is 0 Å². The monoisotopic (exact) mass is 219 g/mol. The van der Waals surface area contributed by atoms with Crippen molar-refractivity contribution in [1.29, 1.82) is 0 Å². The van der Waals surface area contributed by atoms with Crippen LogP contribution in [0.3, 0.4) is 0 Å². The molecule has 0 bridgehead atoms. The summed E-state index contributed by atoms with van der Waals surface area (Å²) in [5.74, 6) is 0.744. The summed E-state index contributed by atoms with van der Waals surface area (Å²) in [5, 5.41) is 1.97. The molecule has 1 aliphatic rings. The molecule has 15 heavy (non-hydrogen) atoms. The van der Waals surface area contributed by atoms with E-state index in [2.05, 4.69) is 19.1 Å². The van der Waals surface area contributed by atoms with Gasteiger partial charge in [-0.3, -0.25) is 4.79 Å². The quantitative estimate of drug-likeness (QED) is 0.762. The third-order valence-corrected chi connectivity index (χ3v) is 3.19. The Kier molecular flexibility index (Phi) is 3.11. The van der Waals surface area contributed by atoms with E-state index in [0.29, 0.717) is 12.3 Å². The summed E-state index contributed by atoms with van der Waals surface area (Å²) in [5.41, 5.74) is 2.44. The fraction of sp³-hybridized carbons (Fsp3) is 0.250. The molecule has 0 radical (unpaired) electrons. The van der Waals surface area contributed by atoms with Crippen molar-refractivity contribution in [3.63, 3.8) is 0 Å². The van der Waals surface area contributed by atoms with Crippen LogP contribution >= 0.6 is 11.8 Å². The topological polar surface area (TPSA) is 20.3 Å². The van der Waals surface area contributed by atoms with Gasteiger partial charge in [-0.2, -0.15) is 0 Å². The first-order valence-electron chi connectivity index (χ1n) is 4.89. The number of aryl methyl sites for hydroxylation is 1. The predicted molar refractivity (Wildman–Crippen MR) is 63.3 cm³/mol. The molecule has 1 aliphatic heterocycles. The Morgan fingerprint density at radius 3 is 2.93 bits per heavy atom. The van der Waals surface area contributed by atoms with Gasteiger partial charge in [-0.05, 0) is 23.5 Å². The van der Waals surface area contributed by atoms with Crippen molar-refractivity contribution in [1.82, 2.24) is 4.90 Å². The number of rotatable bonds is 2. The van der Waals surface area contributed by atoms with Crippen LogP contribution < -0.4 is 0 Å². The van der Waals surface area contributed by atoms with Crippen LogP contribution in [0.1, 0.15) is 11.1 Å². The Labute approximate surface area is 94.0 Å². The smallest absolute Gasteiger partial charge is 0.237 e. The highest BCUT2D eigenvalue weighted by Gasteiger charge is 2.14. The van der Waals surface area contributed by atoms with Gasteiger partial charge < -0.3 is 4.90 Å². The number of carbonyl (C=O) groups is 1. The molecule has 3 heteroatoms. The molecule has 0 saturated heterocycles. The summed E-state index contributed by atoms with van der Waals surface area (Å²) >= 11 is 1.55. The van der Waals surface area contributed by atoms with Crippen LogP contribution in [0.2, 0.25) is 0 Å². The van der Waals surface area contributed by atoms with Crippen molar-refractivity contribution in [3.8, 4) is 0 Å². The van der Waals surface area contributed by atoms with Crippen molar-refractivity contribution in [3.05, 3.63) is 47.0 Å². The Bertz CT molecular complexity index is 400. The number of benzene rings is 1. The van der Waals surface area contributed by atoms with Gasteiger partial charge in [-0.1, -0.05) is 24.3 Å². The number of hydrogen-bond acceptors (Lipinski definition) is 2. The lowest BCUT2D eigenvalue weighted by Crippen LogP contribution is -2.28. The molecule has 0 spiro atoms. The molecule has 0 aromatic heterocycles. The highest BCUT2D eigenvalue weighted by atomic mass is 32.2. The zero-order valence-corrected chi connectivity index (χ0v) is 9.46. The molecule has 0 saturated carbocycles. The normalized spacial score (nSPS) is 15.8. The van der Waals surface area contributed by atoms with Crippen LogP contribution in [-0.2, 0) is 11.3 Å². The highest BCUT2D eigenvalue weighted by molar-refractivity contribution is 8.02. The number of amides is 1. The molecule has 0 N–H and O–H groups in total. The SMILES string of the molecule is Cc1ccccc1CN1C=CSCC1=O. The summed E-state index contributed by atoms with van der Waals surface area (Å²) in [6.07, 6.45) is 1.86. The van der Waals surface area contributed by atoms with Gasteiger partial charge in [0.1, 0.15) is 0 Å². The number of carbonyl (C=O) groups excluding carboxylic acids is 1. The molecular weight excluding hydrogens is 206 g/mol. The van der Waals surface area contributed by atoms with Gasteiger partial charge in [0, 0.05) is 6.20 Å². The maximum atomic E-state index is 11.6. The second kappa shape index (κ2) is 4.53. The van der Waals surface area contributed by atoms with Crippen LogP contribution in [-0.4, -0.2) is 16.6 Å². The number of hydrogen-bond donors (Lipinski definition) is 0. The van der Waals surface area contributed by atoms with Crippen molar-refractivity contribution in [2.24, 2.45) is 0 Å². The van der Waals surface area contributed by atoms with E-state index in [0.717, 1.165) is 0 Å². The Balaban J connectivity index is 2.15. The van der Waals surface area contributed by atoms with E-state index >= 15 is 0 Å². The maximum absolute atomic E-state index is 11.6. The molecule has 0 atom stereocenters. The van der Waals surface area contributed by atoms with Crippen molar-refractivity contribution < 1.29 is 4.79 Å². The van der Waals surface area contributed by atoms with Gasteiger partial charge in [-0.25, -0.2) is 0 Å². The standard InChI is InChI=1S/C12H13NOS/c1-10-4-2-3-5-11(10)8-13-6-7-15-9-12(13)14/h2-7H,8-9H2,1H3. The first-order chi connectivity index (χ1) is 7.27. The van der Waals surface area contributed by atoms with Crippen molar-refractivity contribution in [2.45, 2.75) is 13.5 Å². The van der Waals surface area contributed by atoms with Gasteiger partial charge in [0.15, 0.2) is 0 Å². The highest BCUT2D eigenvalue weighted by Crippen LogP contribution is 2.17. The Hall–Kier alpha value is -1.22. The molecule has 1 heterocycles. The lowest BCUT2D eigenvalue weighted by atomic mass is 10.1. The molecule has 1 aromatic carbocycles. The van der Waals surface area contributed by atoms with Crippen LogP contribution in [0.4, 0.5) is 0 Å². The van der Waals surface area contributed by atoms with E-state index in [1.54, 1.807) is 16.7 Å². The molecule has 0 unspecified atom stereocenters. The van der Waals surface area contributed by atoms with E-state index in [1.807, 2.05) is 23.7 Å². The fourth-order valence-corrected chi connectivity index (χ4v) is 2.15. The Morgan fingerprint density at radius 1 is 1.40 bits per heavy atom. The second-order valence-corrected chi connectivity index (χ2v) is 4.44. The molecule has 2 rings (SSSR count). The fourth-order valence-electron chi connectivity index (χ4n) is 1.51. The second-order valence-electron chi connectivity index (χ2n) is 3.54. The third kappa shape index (κ3) is 2.42. The predicted octanol–water partition coefficient (Wildman–Crippen LogP) is 2.54. The van der Waals surface area contributed by atoms with E-state index in [1.165, 1.54) is 11.1 Å². The molecule has 78 valence electrons. The minimum atomic E-state index is 0.186. The van der Waals surface area contributed by atoms with Crippen LogP contribution in [0.25, 0.3) is 0 Å². The summed E-state index contributed by atoms with van der Waals surface area (Å²) in [6, 6.07) is 8.16. The van der Waals surface area contributed by atoms with Gasteiger partial charge in [0.25, 0.3) is 0 Å². The average Bonchev–Trinajstić information content (AvgIpc) is 2.24. The minimum Gasteiger partial charge on any atom is -0.313 e. The van der Waals surface area contributed by atoms with E-state index in [9.17, 15) is 4.79 Å². The van der Waals surface area contributed by atoms with Crippen LogP contribution in [0, 0.1) is 6.92 Å². The first kappa shape index (κ1) is 10.3. The van der Waals surface area contributed by atoms with Gasteiger partial charge in [0.05, 0.1) is 12.3 Å². The lowest BCUT2D eigenvalue weighted by Gasteiger charge is -2.21. The Morgan fingerprint density at radius 2 is 2.20 bits per heavy atom. The summed E-state index contributed by atoms with van der Waals surface area (Å²) in [7, 11) is 0. The van der Waals surface area contributed by atoms with Crippen molar-refractivity contribution >= 4 is 17.7 Å². The lowest BCUT2D eigenvalue weighted by molar-refractivity contribution is -0.126. The zero-order chi connectivity index (χ0) is 10.7. The van der Waals surface area contributed by atoms with E-state index < -0.39 is 0 Å². The van der Waals surface area contributed by atoms with Crippen LogP contribution in [0.15, 0.2) is 35.9 Å². The van der Waals surface area contributed by atoms with Crippen molar-refractivity contribution in [2.75, 3.05) is 5.75 Å². The third-order valence-electron chi connectivity index (χ3n) is 2.47. The molecule has 2 nitrogen and oxygen atoms in total. The largest absolute Gasteiger partial charge is 0.313 e. The van der Waals surface area contributed by atoms with E-state index in [-0.39, 0.29) is 5.91 Å². The molecule has 1 aromatic rings. The molecular formula is C12H13NOS.